The first-order chi connectivity index (χ1) is 16.4. The first kappa shape index (κ1) is 23.8. The van der Waals surface area contributed by atoms with Gasteiger partial charge >= 0.3 is 12.1 Å². The van der Waals surface area contributed by atoms with E-state index in [-0.39, 0.29) is 42.9 Å². The van der Waals surface area contributed by atoms with Crippen LogP contribution in [0, 0.1) is 5.92 Å². The van der Waals surface area contributed by atoms with Gasteiger partial charge in [0, 0.05) is 30.5 Å². The number of hydrogen-bond acceptors (Lipinski definition) is 4. The second kappa shape index (κ2) is 10.3. The molecule has 180 valence electrons. The van der Waals surface area contributed by atoms with E-state index in [1.54, 1.807) is 11.8 Å². The van der Waals surface area contributed by atoms with Crippen molar-refractivity contribution in [2.45, 2.75) is 57.5 Å². The van der Waals surface area contributed by atoms with Crippen LogP contribution in [0.15, 0.2) is 48.5 Å². The fourth-order valence-electron chi connectivity index (χ4n) is 5.43. The maximum atomic E-state index is 13.0. The maximum absolute atomic E-state index is 13.0. The van der Waals surface area contributed by atoms with Gasteiger partial charge in [0.05, 0.1) is 6.42 Å². The predicted octanol–water partition coefficient (Wildman–Crippen LogP) is 4.41. The Hall–Kier alpha value is -3.35. The van der Waals surface area contributed by atoms with Crippen LogP contribution in [0.1, 0.15) is 56.6 Å². The van der Waals surface area contributed by atoms with Gasteiger partial charge in [-0.05, 0) is 55.4 Å². The summed E-state index contributed by atoms with van der Waals surface area (Å²) < 4.78 is 5.64. The van der Waals surface area contributed by atoms with E-state index in [1.807, 2.05) is 31.2 Å². The quantitative estimate of drug-likeness (QED) is 0.604. The molecular formula is C27H32N2O5. The number of nitrogens with one attached hydrogen (secondary N) is 1. The molecule has 0 aromatic heterocycles. The van der Waals surface area contributed by atoms with Crippen molar-refractivity contribution in [2.75, 3.05) is 13.2 Å². The highest BCUT2D eigenvalue weighted by molar-refractivity contribution is 5.81. The van der Waals surface area contributed by atoms with E-state index in [0.29, 0.717) is 25.8 Å². The van der Waals surface area contributed by atoms with Crippen LogP contribution in [0.4, 0.5) is 4.79 Å². The average Bonchev–Trinajstić information content (AvgIpc) is 3.40. The number of amides is 2. The number of carbonyl (C=O) groups excluding carboxylic acids is 2. The summed E-state index contributed by atoms with van der Waals surface area (Å²) in [6.07, 6.45) is 1.37. The van der Waals surface area contributed by atoms with Gasteiger partial charge < -0.3 is 20.1 Å². The van der Waals surface area contributed by atoms with Gasteiger partial charge in [0.15, 0.2) is 0 Å². The van der Waals surface area contributed by atoms with Crippen LogP contribution < -0.4 is 5.32 Å². The number of carboxylic acid groups (broad SMARTS) is 1. The molecule has 0 heterocycles. The normalized spacial score (nSPS) is 19.7. The van der Waals surface area contributed by atoms with E-state index in [9.17, 15) is 14.4 Å². The third-order valence-corrected chi connectivity index (χ3v) is 7.07. The molecule has 7 heteroatoms. The molecule has 34 heavy (non-hydrogen) atoms. The zero-order chi connectivity index (χ0) is 24.2. The van der Waals surface area contributed by atoms with Crippen molar-refractivity contribution in [2.24, 2.45) is 5.92 Å². The van der Waals surface area contributed by atoms with Gasteiger partial charge in [0.2, 0.25) is 5.91 Å². The SMILES string of the molecule is CCN(C(=O)[C@H]1CC[C@@H](NC(=O)OCC2c3ccccc3-c3ccccc32)C1)C(C)CC(=O)O. The molecule has 0 radical (unpaired) electrons. The van der Waals surface area contributed by atoms with Crippen LogP contribution in [0.25, 0.3) is 11.1 Å². The summed E-state index contributed by atoms with van der Waals surface area (Å²) in [5, 5.41) is 12.0. The van der Waals surface area contributed by atoms with Gasteiger partial charge in [-0.1, -0.05) is 48.5 Å². The van der Waals surface area contributed by atoms with E-state index >= 15 is 0 Å². The van der Waals surface area contributed by atoms with Gasteiger partial charge in [-0.2, -0.15) is 0 Å². The fourth-order valence-corrected chi connectivity index (χ4v) is 5.43. The molecule has 1 saturated carbocycles. The van der Waals surface area contributed by atoms with Crippen molar-refractivity contribution < 1.29 is 24.2 Å². The molecule has 2 aliphatic carbocycles. The van der Waals surface area contributed by atoms with Crippen LogP contribution in [-0.4, -0.2) is 53.2 Å². The Labute approximate surface area is 200 Å². The average molecular weight is 465 g/mol. The molecule has 2 aliphatic rings. The molecule has 3 atom stereocenters. The van der Waals surface area contributed by atoms with Crippen LogP contribution in [0.2, 0.25) is 0 Å². The molecule has 0 saturated heterocycles. The number of rotatable bonds is 8. The van der Waals surface area contributed by atoms with Crippen LogP contribution >= 0.6 is 0 Å². The molecule has 7 nitrogen and oxygen atoms in total. The van der Waals surface area contributed by atoms with E-state index < -0.39 is 12.1 Å². The second-order valence-corrected chi connectivity index (χ2v) is 9.25. The summed E-state index contributed by atoms with van der Waals surface area (Å²) >= 11 is 0. The highest BCUT2D eigenvalue weighted by atomic mass is 16.5. The minimum Gasteiger partial charge on any atom is -0.481 e. The summed E-state index contributed by atoms with van der Waals surface area (Å²) in [5.41, 5.74) is 4.69. The Kier molecular flexibility index (Phi) is 7.20. The third kappa shape index (κ3) is 4.93. The van der Waals surface area contributed by atoms with Crippen LogP contribution in [-0.2, 0) is 14.3 Å². The molecule has 2 N–H and O–H groups in total. The maximum Gasteiger partial charge on any atom is 0.407 e. The molecule has 2 aromatic carbocycles. The first-order valence-electron chi connectivity index (χ1n) is 12.0. The van der Waals surface area contributed by atoms with Gasteiger partial charge in [-0.3, -0.25) is 9.59 Å². The smallest absolute Gasteiger partial charge is 0.407 e. The number of benzene rings is 2. The monoisotopic (exact) mass is 464 g/mol. The van der Waals surface area contributed by atoms with Crippen molar-refractivity contribution in [3.8, 4) is 11.1 Å². The Morgan fingerprint density at radius 2 is 1.68 bits per heavy atom. The fraction of sp³-hybridized carbons (Fsp3) is 0.444. The summed E-state index contributed by atoms with van der Waals surface area (Å²) in [6, 6.07) is 15.9. The Morgan fingerprint density at radius 1 is 1.06 bits per heavy atom. The molecule has 2 aromatic rings. The number of aliphatic carboxylic acids is 1. The lowest BCUT2D eigenvalue weighted by Gasteiger charge is -2.29. The third-order valence-electron chi connectivity index (χ3n) is 7.07. The molecule has 0 bridgehead atoms. The minimum atomic E-state index is -0.917. The Balaban J connectivity index is 1.31. The molecule has 0 spiro atoms. The largest absolute Gasteiger partial charge is 0.481 e. The van der Waals surface area contributed by atoms with Crippen LogP contribution in [0.3, 0.4) is 0 Å². The molecule has 1 fully saturated rings. The van der Waals surface area contributed by atoms with Crippen molar-refractivity contribution in [1.29, 1.82) is 0 Å². The Morgan fingerprint density at radius 3 is 2.26 bits per heavy atom. The zero-order valence-corrected chi connectivity index (χ0v) is 19.7. The second-order valence-electron chi connectivity index (χ2n) is 9.25. The number of alkyl carbamates (subject to hydrolysis) is 1. The standard InChI is InChI=1S/C27H32N2O5/c1-3-29(17(2)14-25(30)31)26(32)18-12-13-19(15-18)28-27(33)34-16-24-22-10-6-4-8-20(22)21-9-5-7-11-23(21)24/h4-11,17-19,24H,3,12-16H2,1-2H3,(H,28,33)(H,30,31)/t17?,18-,19+/m0/s1. The predicted molar refractivity (Wildman–Crippen MR) is 128 cm³/mol. The Bertz CT molecular complexity index is 1020. The minimum absolute atomic E-state index is 0.00453. The van der Waals surface area contributed by atoms with Gasteiger partial charge in [-0.25, -0.2) is 4.79 Å². The van der Waals surface area contributed by atoms with E-state index in [4.69, 9.17) is 9.84 Å². The number of hydrogen-bond donors (Lipinski definition) is 2. The number of fused-ring (bicyclic) bond motifs is 3. The van der Waals surface area contributed by atoms with Crippen LogP contribution in [0.5, 0.6) is 0 Å². The number of carboxylic acids is 1. The van der Waals surface area contributed by atoms with Gasteiger partial charge in [0.25, 0.3) is 0 Å². The van der Waals surface area contributed by atoms with Crippen molar-refractivity contribution in [3.05, 3.63) is 59.7 Å². The molecular weight excluding hydrogens is 432 g/mol. The lowest BCUT2D eigenvalue weighted by Crippen LogP contribution is -2.43. The number of nitrogens with zero attached hydrogens (tertiary/aromatic N) is 1. The topological polar surface area (TPSA) is 95.9 Å². The van der Waals surface area contributed by atoms with Crippen molar-refractivity contribution in [3.63, 3.8) is 0 Å². The lowest BCUT2D eigenvalue weighted by molar-refractivity contribution is -0.142. The highest BCUT2D eigenvalue weighted by Gasteiger charge is 2.35. The molecule has 2 amide bonds. The summed E-state index contributed by atoms with van der Waals surface area (Å²) in [6.45, 7) is 4.34. The molecule has 4 rings (SSSR count). The summed E-state index contributed by atoms with van der Waals surface area (Å²) in [4.78, 5) is 38.2. The first-order valence-corrected chi connectivity index (χ1v) is 12.0. The van der Waals surface area contributed by atoms with E-state index in [1.165, 1.54) is 11.1 Å². The van der Waals surface area contributed by atoms with Crippen molar-refractivity contribution >= 4 is 18.0 Å². The summed E-state index contributed by atoms with van der Waals surface area (Å²) in [7, 11) is 0. The highest BCUT2D eigenvalue weighted by Crippen LogP contribution is 2.44. The van der Waals surface area contributed by atoms with Gasteiger partial charge in [0.1, 0.15) is 6.61 Å². The lowest BCUT2D eigenvalue weighted by atomic mass is 9.98. The zero-order valence-electron chi connectivity index (χ0n) is 19.7. The van der Waals surface area contributed by atoms with Crippen molar-refractivity contribution in [1.82, 2.24) is 10.2 Å². The summed E-state index contributed by atoms with van der Waals surface area (Å²) in [5.74, 6) is -1.16. The number of carbonyl (C=O) groups is 3. The van der Waals surface area contributed by atoms with E-state index in [0.717, 1.165) is 11.1 Å². The molecule has 1 unspecified atom stereocenters. The molecule has 0 aliphatic heterocycles. The van der Waals surface area contributed by atoms with E-state index in [2.05, 4.69) is 29.6 Å². The van der Waals surface area contributed by atoms with Gasteiger partial charge in [-0.15, -0.1) is 0 Å². The number of ether oxygens (including phenoxy) is 1.